The summed E-state index contributed by atoms with van der Waals surface area (Å²) in [6.45, 7) is 2.11. The van der Waals surface area contributed by atoms with E-state index in [1.165, 1.54) is 33.0 Å². The average Bonchev–Trinajstić information content (AvgIpc) is 3.56. The molecule has 0 N–H and O–H groups in total. The minimum absolute atomic E-state index is 0.926. The van der Waals surface area contributed by atoms with Gasteiger partial charge in [0.1, 0.15) is 11.2 Å². The third-order valence-corrected chi connectivity index (χ3v) is 9.60. The van der Waals surface area contributed by atoms with Crippen molar-refractivity contribution in [1.82, 2.24) is 0 Å². The standard InChI is InChI=1S/C47H33NO/c1-32-14-10-25-42-43-26-13-23-39(47(43)49-46(32)42)34-28-30-37(31-29-34)48(36-19-6-3-7-20-36)44-27-9-8-21-40(44)41-24-12-18-35-17-11-22-38(45(35)41)33-15-4-2-5-16-33/h2-31H,1H3. The molecule has 0 aliphatic heterocycles. The lowest BCUT2D eigenvalue weighted by molar-refractivity contribution is 0.667. The molecule has 0 saturated heterocycles. The highest BCUT2D eigenvalue weighted by Gasteiger charge is 2.20. The van der Waals surface area contributed by atoms with Crippen molar-refractivity contribution in [2.75, 3.05) is 4.90 Å². The molecule has 0 aliphatic carbocycles. The Morgan fingerprint density at radius 1 is 0.388 bits per heavy atom. The zero-order chi connectivity index (χ0) is 32.7. The molecular formula is C47H33NO. The quantitative estimate of drug-likeness (QED) is 0.182. The zero-order valence-corrected chi connectivity index (χ0v) is 27.2. The van der Waals surface area contributed by atoms with Crippen LogP contribution in [0, 0.1) is 6.92 Å². The molecule has 0 unspecified atom stereocenters. The van der Waals surface area contributed by atoms with Gasteiger partial charge in [0, 0.05) is 33.3 Å². The topological polar surface area (TPSA) is 16.4 Å². The van der Waals surface area contributed by atoms with Gasteiger partial charge in [-0.1, -0.05) is 152 Å². The van der Waals surface area contributed by atoms with E-state index < -0.39 is 0 Å². The van der Waals surface area contributed by atoms with Gasteiger partial charge in [-0.15, -0.1) is 0 Å². The predicted octanol–water partition coefficient (Wildman–Crippen LogP) is 13.5. The first-order valence-electron chi connectivity index (χ1n) is 16.8. The number of nitrogens with zero attached hydrogens (tertiary/aromatic N) is 1. The third-order valence-electron chi connectivity index (χ3n) is 9.60. The molecule has 2 heteroatoms. The van der Waals surface area contributed by atoms with Crippen molar-refractivity contribution in [3.05, 3.63) is 188 Å². The largest absolute Gasteiger partial charge is 0.455 e. The van der Waals surface area contributed by atoms with Gasteiger partial charge in [-0.25, -0.2) is 0 Å². The average molecular weight is 628 g/mol. The molecule has 1 aromatic heterocycles. The Labute approximate surface area is 286 Å². The molecule has 0 saturated carbocycles. The summed E-state index contributed by atoms with van der Waals surface area (Å²) in [6.07, 6.45) is 0. The van der Waals surface area contributed by atoms with E-state index in [-0.39, 0.29) is 0 Å². The van der Waals surface area contributed by atoms with Gasteiger partial charge in [0.15, 0.2) is 0 Å². The lowest BCUT2D eigenvalue weighted by Gasteiger charge is -2.28. The fourth-order valence-electron chi connectivity index (χ4n) is 7.30. The maximum Gasteiger partial charge on any atom is 0.143 e. The third kappa shape index (κ3) is 4.97. The molecule has 2 nitrogen and oxygen atoms in total. The summed E-state index contributed by atoms with van der Waals surface area (Å²) in [5.41, 5.74) is 13.4. The van der Waals surface area contributed by atoms with Crippen molar-refractivity contribution in [2.24, 2.45) is 0 Å². The molecule has 232 valence electrons. The van der Waals surface area contributed by atoms with Gasteiger partial charge in [-0.2, -0.15) is 0 Å². The number of para-hydroxylation sites is 4. The van der Waals surface area contributed by atoms with Gasteiger partial charge in [0.2, 0.25) is 0 Å². The smallest absolute Gasteiger partial charge is 0.143 e. The van der Waals surface area contributed by atoms with E-state index in [1.807, 2.05) is 0 Å². The zero-order valence-electron chi connectivity index (χ0n) is 27.2. The minimum atomic E-state index is 0.926. The van der Waals surface area contributed by atoms with E-state index in [1.54, 1.807) is 0 Å². The van der Waals surface area contributed by atoms with Crippen LogP contribution in [0.5, 0.6) is 0 Å². The molecule has 1 heterocycles. The van der Waals surface area contributed by atoms with Crippen LogP contribution < -0.4 is 4.90 Å². The van der Waals surface area contributed by atoms with Crippen LogP contribution in [0.3, 0.4) is 0 Å². The minimum Gasteiger partial charge on any atom is -0.455 e. The first kappa shape index (κ1) is 28.8. The highest BCUT2D eigenvalue weighted by atomic mass is 16.3. The number of furan rings is 1. The van der Waals surface area contributed by atoms with Crippen LogP contribution in [0.4, 0.5) is 17.1 Å². The molecule has 0 radical (unpaired) electrons. The Hall–Kier alpha value is -6.38. The SMILES string of the molecule is Cc1cccc2c1oc1c(-c3ccc(N(c4ccccc4)c4ccccc4-c4cccc5cccc(-c6ccccc6)c45)cc3)cccc12. The fraction of sp³-hybridized carbons (Fsp3) is 0.0213. The molecule has 0 aliphatic rings. The van der Waals surface area contributed by atoms with E-state index in [0.717, 1.165) is 55.7 Å². The number of rotatable bonds is 6. The molecular weight excluding hydrogens is 595 g/mol. The van der Waals surface area contributed by atoms with Crippen LogP contribution in [-0.4, -0.2) is 0 Å². The second-order valence-electron chi connectivity index (χ2n) is 12.5. The summed E-state index contributed by atoms with van der Waals surface area (Å²) in [7, 11) is 0. The van der Waals surface area contributed by atoms with Gasteiger partial charge in [-0.05, 0) is 75.8 Å². The first-order valence-corrected chi connectivity index (χ1v) is 16.8. The van der Waals surface area contributed by atoms with Gasteiger partial charge < -0.3 is 9.32 Å². The van der Waals surface area contributed by atoms with Crippen LogP contribution in [0.15, 0.2) is 186 Å². The van der Waals surface area contributed by atoms with E-state index in [0.29, 0.717) is 0 Å². The number of aryl methyl sites for hydroxylation is 1. The molecule has 0 fully saturated rings. The lowest BCUT2D eigenvalue weighted by atomic mass is 9.90. The number of fused-ring (bicyclic) bond motifs is 4. The Morgan fingerprint density at radius 2 is 0.939 bits per heavy atom. The molecule has 0 spiro atoms. The Balaban J connectivity index is 1.21. The Bertz CT molecular complexity index is 2590. The molecule has 0 atom stereocenters. The molecule has 9 aromatic rings. The van der Waals surface area contributed by atoms with E-state index in [2.05, 4.69) is 194 Å². The Kier molecular flexibility index (Phi) is 7.06. The van der Waals surface area contributed by atoms with Crippen molar-refractivity contribution in [2.45, 2.75) is 6.92 Å². The van der Waals surface area contributed by atoms with E-state index in [9.17, 15) is 0 Å². The molecule has 9 rings (SSSR count). The summed E-state index contributed by atoms with van der Waals surface area (Å²) < 4.78 is 6.52. The lowest BCUT2D eigenvalue weighted by Crippen LogP contribution is -2.11. The molecule has 0 amide bonds. The summed E-state index contributed by atoms with van der Waals surface area (Å²) in [4.78, 5) is 2.37. The fourth-order valence-corrected chi connectivity index (χ4v) is 7.30. The molecule has 8 aromatic carbocycles. The number of anilines is 3. The number of hydrogen-bond acceptors (Lipinski definition) is 2. The van der Waals surface area contributed by atoms with Gasteiger partial charge in [0.05, 0.1) is 5.69 Å². The van der Waals surface area contributed by atoms with Crippen LogP contribution in [-0.2, 0) is 0 Å². The summed E-state index contributed by atoms with van der Waals surface area (Å²) >= 11 is 0. The maximum atomic E-state index is 6.52. The number of benzene rings is 8. The highest BCUT2D eigenvalue weighted by molar-refractivity contribution is 6.11. The van der Waals surface area contributed by atoms with Gasteiger partial charge >= 0.3 is 0 Å². The van der Waals surface area contributed by atoms with Crippen molar-refractivity contribution in [3.8, 4) is 33.4 Å². The summed E-state index contributed by atoms with van der Waals surface area (Å²) in [6, 6.07) is 65.0. The highest BCUT2D eigenvalue weighted by Crippen LogP contribution is 2.45. The molecule has 0 bridgehead atoms. The Morgan fingerprint density at radius 3 is 1.71 bits per heavy atom. The second kappa shape index (κ2) is 12.0. The van der Waals surface area contributed by atoms with Crippen LogP contribution >= 0.6 is 0 Å². The predicted molar refractivity (Wildman–Crippen MR) is 207 cm³/mol. The van der Waals surface area contributed by atoms with Crippen molar-refractivity contribution < 1.29 is 4.42 Å². The van der Waals surface area contributed by atoms with E-state index in [4.69, 9.17) is 4.42 Å². The van der Waals surface area contributed by atoms with Crippen molar-refractivity contribution in [1.29, 1.82) is 0 Å². The maximum absolute atomic E-state index is 6.52. The van der Waals surface area contributed by atoms with Gasteiger partial charge in [0.25, 0.3) is 0 Å². The second-order valence-corrected chi connectivity index (χ2v) is 12.5. The monoisotopic (exact) mass is 627 g/mol. The number of hydrogen-bond donors (Lipinski definition) is 0. The molecule has 49 heavy (non-hydrogen) atoms. The van der Waals surface area contributed by atoms with Crippen LogP contribution in [0.25, 0.3) is 66.1 Å². The van der Waals surface area contributed by atoms with E-state index >= 15 is 0 Å². The van der Waals surface area contributed by atoms with Crippen molar-refractivity contribution >= 4 is 49.8 Å². The van der Waals surface area contributed by atoms with Gasteiger partial charge in [-0.3, -0.25) is 0 Å². The normalized spacial score (nSPS) is 11.4. The summed E-state index contributed by atoms with van der Waals surface area (Å²) in [5, 5.41) is 4.77. The van der Waals surface area contributed by atoms with Crippen LogP contribution in [0.2, 0.25) is 0 Å². The van der Waals surface area contributed by atoms with Crippen LogP contribution in [0.1, 0.15) is 5.56 Å². The summed E-state index contributed by atoms with van der Waals surface area (Å²) in [5.74, 6) is 0. The first-order chi connectivity index (χ1) is 24.2. The van der Waals surface area contributed by atoms with Crippen molar-refractivity contribution in [3.63, 3.8) is 0 Å².